The Kier molecular flexibility index (Phi) is 4.46. The number of ether oxygens (including phenoxy) is 2. The SMILES string of the molecule is CCOC(=O)C1=C[C@H]2c3ccccc3CO[C@@]12O[Si](C)(C)C(C)(C)C. The van der Waals surface area contributed by atoms with Gasteiger partial charge in [0, 0.05) is 0 Å². The second-order valence-corrected chi connectivity index (χ2v) is 13.0. The first-order valence-corrected chi connectivity index (χ1v) is 11.8. The Bertz CT molecular complexity index is 717. The molecular weight excluding hydrogens is 332 g/mol. The number of carbonyl (C=O) groups excluding carboxylic acids is 1. The summed E-state index contributed by atoms with van der Waals surface area (Å²) >= 11 is 0. The molecule has 0 saturated carbocycles. The maximum absolute atomic E-state index is 12.5. The van der Waals surface area contributed by atoms with Crippen molar-refractivity contribution < 1.29 is 18.7 Å². The van der Waals surface area contributed by atoms with Crippen molar-refractivity contribution in [1.29, 1.82) is 0 Å². The molecule has 25 heavy (non-hydrogen) atoms. The molecule has 4 nitrogen and oxygen atoms in total. The van der Waals surface area contributed by atoms with E-state index >= 15 is 0 Å². The van der Waals surface area contributed by atoms with Crippen LogP contribution < -0.4 is 0 Å². The fraction of sp³-hybridized carbons (Fsp3) is 0.550. The normalized spacial score (nSPS) is 25.4. The number of fused-ring (bicyclic) bond motifs is 3. The maximum Gasteiger partial charge on any atom is 0.339 e. The van der Waals surface area contributed by atoms with Gasteiger partial charge in [-0.25, -0.2) is 4.79 Å². The van der Waals surface area contributed by atoms with Gasteiger partial charge in [0.1, 0.15) is 0 Å². The van der Waals surface area contributed by atoms with Crippen LogP contribution in [-0.4, -0.2) is 26.7 Å². The Morgan fingerprint density at radius 2 is 2.00 bits per heavy atom. The molecule has 1 heterocycles. The summed E-state index contributed by atoms with van der Waals surface area (Å²) in [4.78, 5) is 12.5. The van der Waals surface area contributed by atoms with Crippen molar-refractivity contribution in [2.24, 2.45) is 0 Å². The molecule has 1 aromatic carbocycles. The Morgan fingerprint density at radius 1 is 1.32 bits per heavy atom. The first kappa shape index (κ1) is 18.4. The molecule has 1 aliphatic carbocycles. The van der Waals surface area contributed by atoms with Crippen LogP contribution in [0.15, 0.2) is 35.9 Å². The number of esters is 1. The van der Waals surface area contributed by atoms with Crippen LogP contribution in [0.5, 0.6) is 0 Å². The molecule has 5 heteroatoms. The van der Waals surface area contributed by atoms with Crippen molar-refractivity contribution >= 4 is 14.3 Å². The van der Waals surface area contributed by atoms with Gasteiger partial charge in [0.25, 0.3) is 0 Å². The van der Waals surface area contributed by atoms with E-state index in [0.29, 0.717) is 18.8 Å². The molecule has 0 saturated heterocycles. The van der Waals surface area contributed by atoms with Crippen molar-refractivity contribution in [1.82, 2.24) is 0 Å². The lowest BCUT2D eigenvalue weighted by molar-refractivity contribution is -0.208. The lowest BCUT2D eigenvalue weighted by Gasteiger charge is -2.54. The van der Waals surface area contributed by atoms with Crippen molar-refractivity contribution in [2.45, 2.75) is 64.1 Å². The van der Waals surface area contributed by atoms with Gasteiger partial charge in [-0.1, -0.05) is 51.1 Å². The highest BCUT2D eigenvalue weighted by Gasteiger charge is 2.60. The predicted octanol–water partition coefficient (Wildman–Crippen LogP) is 4.52. The second kappa shape index (κ2) is 6.08. The Hall–Kier alpha value is -1.43. The van der Waals surface area contributed by atoms with Crippen LogP contribution in [0, 0.1) is 0 Å². The largest absolute Gasteiger partial charge is 0.462 e. The Morgan fingerprint density at radius 3 is 2.64 bits per heavy atom. The monoisotopic (exact) mass is 360 g/mol. The number of carbonyl (C=O) groups is 1. The molecule has 2 atom stereocenters. The third-order valence-corrected chi connectivity index (χ3v) is 10.1. The molecule has 0 unspecified atom stereocenters. The van der Waals surface area contributed by atoms with Gasteiger partial charge in [-0.05, 0) is 36.2 Å². The molecule has 136 valence electrons. The average molecular weight is 361 g/mol. The minimum atomic E-state index is -2.16. The molecule has 1 aliphatic heterocycles. The summed E-state index contributed by atoms with van der Waals surface area (Å²) in [6.45, 7) is 13.5. The minimum Gasteiger partial charge on any atom is -0.462 e. The number of rotatable bonds is 4. The van der Waals surface area contributed by atoms with Crippen molar-refractivity contribution in [2.75, 3.05) is 6.61 Å². The summed E-state index contributed by atoms with van der Waals surface area (Å²) in [6.07, 6.45) is 1.95. The highest BCUT2D eigenvalue weighted by atomic mass is 28.4. The highest BCUT2D eigenvalue weighted by Crippen LogP contribution is 2.56. The molecule has 0 bridgehead atoms. The smallest absolute Gasteiger partial charge is 0.339 e. The molecule has 0 radical (unpaired) electrons. The standard InChI is InChI=1S/C20H28O4Si/c1-7-22-18(21)17-12-16-15-11-9-8-10-14(15)13-23-20(16,17)24-25(5,6)19(2,3)4/h8-12,16H,7,13H2,1-6H3/t16-,20-/m0/s1. The lowest BCUT2D eigenvalue weighted by Crippen LogP contribution is -2.60. The molecule has 1 aromatic rings. The van der Waals surface area contributed by atoms with Crippen LogP contribution in [0.4, 0.5) is 0 Å². The van der Waals surface area contributed by atoms with Crippen molar-refractivity contribution in [3.8, 4) is 0 Å². The molecular formula is C20H28O4Si. The van der Waals surface area contributed by atoms with E-state index in [-0.39, 0.29) is 16.9 Å². The van der Waals surface area contributed by atoms with Gasteiger partial charge in [-0.3, -0.25) is 0 Å². The van der Waals surface area contributed by atoms with Gasteiger partial charge in [0.15, 0.2) is 8.32 Å². The summed E-state index contributed by atoms with van der Waals surface area (Å²) in [6, 6.07) is 8.21. The van der Waals surface area contributed by atoms with Gasteiger partial charge < -0.3 is 13.9 Å². The molecule has 0 N–H and O–H groups in total. The Labute approximate surface area is 151 Å². The maximum atomic E-state index is 12.5. The molecule has 0 spiro atoms. The summed E-state index contributed by atoms with van der Waals surface area (Å²) in [5.74, 6) is -1.41. The highest BCUT2D eigenvalue weighted by molar-refractivity contribution is 6.74. The number of benzene rings is 1. The molecule has 0 amide bonds. The van der Waals surface area contributed by atoms with E-state index < -0.39 is 14.1 Å². The Balaban J connectivity index is 2.04. The lowest BCUT2D eigenvalue weighted by atomic mass is 9.72. The molecule has 0 aromatic heterocycles. The molecule has 3 rings (SSSR count). The van der Waals surface area contributed by atoms with Crippen LogP contribution >= 0.6 is 0 Å². The van der Waals surface area contributed by atoms with Crippen LogP contribution in [0.1, 0.15) is 44.7 Å². The van der Waals surface area contributed by atoms with Crippen LogP contribution in [0.3, 0.4) is 0 Å². The van der Waals surface area contributed by atoms with Gasteiger partial charge in [0.2, 0.25) is 5.79 Å². The topological polar surface area (TPSA) is 44.8 Å². The van der Waals surface area contributed by atoms with Crippen molar-refractivity contribution in [3.63, 3.8) is 0 Å². The average Bonchev–Trinajstić information content (AvgIpc) is 2.49. The molecule has 2 aliphatic rings. The zero-order chi connectivity index (χ0) is 18.5. The zero-order valence-electron chi connectivity index (χ0n) is 16.0. The van der Waals surface area contributed by atoms with Crippen LogP contribution in [-0.2, 0) is 25.3 Å². The first-order valence-electron chi connectivity index (χ1n) is 8.94. The quantitative estimate of drug-likeness (QED) is 0.585. The third kappa shape index (κ3) is 2.88. The van der Waals surface area contributed by atoms with E-state index in [9.17, 15) is 4.79 Å². The predicted molar refractivity (Wildman–Crippen MR) is 99.7 cm³/mol. The summed E-state index contributed by atoms with van der Waals surface area (Å²) in [5.41, 5.74) is 2.85. The van der Waals surface area contributed by atoms with Gasteiger partial charge >= 0.3 is 5.97 Å². The van der Waals surface area contributed by atoms with Gasteiger partial charge in [-0.2, -0.15) is 0 Å². The van der Waals surface area contributed by atoms with E-state index in [1.807, 2.05) is 25.1 Å². The number of hydrogen-bond acceptors (Lipinski definition) is 4. The third-order valence-electron chi connectivity index (χ3n) is 5.66. The summed E-state index contributed by atoms with van der Waals surface area (Å²) in [5, 5.41) is 0.0159. The van der Waals surface area contributed by atoms with Gasteiger partial charge in [0.05, 0.1) is 24.7 Å². The first-order chi connectivity index (χ1) is 11.6. The number of hydrogen-bond donors (Lipinski definition) is 0. The zero-order valence-corrected chi connectivity index (χ0v) is 17.0. The van der Waals surface area contributed by atoms with Crippen LogP contribution in [0.25, 0.3) is 0 Å². The summed E-state index contributed by atoms with van der Waals surface area (Å²) < 4.78 is 18.2. The molecule has 0 fully saturated rings. The minimum absolute atomic E-state index is 0.0159. The van der Waals surface area contributed by atoms with E-state index in [1.165, 1.54) is 5.56 Å². The fourth-order valence-electron chi connectivity index (χ4n) is 3.18. The van der Waals surface area contributed by atoms with E-state index in [1.54, 1.807) is 0 Å². The van der Waals surface area contributed by atoms with E-state index in [4.69, 9.17) is 13.9 Å². The second-order valence-electron chi connectivity index (χ2n) is 8.30. The van der Waals surface area contributed by atoms with Crippen LogP contribution in [0.2, 0.25) is 18.1 Å². The van der Waals surface area contributed by atoms with E-state index in [0.717, 1.165) is 5.56 Å². The van der Waals surface area contributed by atoms with E-state index in [2.05, 4.69) is 46.0 Å². The van der Waals surface area contributed by atoms with Crippen molar-refractivity contribution in [3.05, 3.63) is 47.0 Å². The fourth-order valence-corrected chi connectivity index (χ4v) is 4.54. The summed E-state index contributed by atoms with van der Waals surface area (Å²) in [7, 11) is -2.16. The van der Waals surface area contributed by atoms with Gasteiger partial charge in [-0.15, -0.1) is 0 Å².